The van der Waals surface area contributed by atoms with Gasteiger partial charge in [0.1, 0.15) is 0 Å². The van der Waals surface area contributed by atoms with Crippen LogP contribution in [0.2, 0.25) is 0 Å². The second-order valence-electron chi connectivity index (χ2n) is 5.44. The molecule has 0 aromatic carbocycles. The van der Waals surface area contributed by atoms with Gasteiger partial charge in [0.2, 0.25) is 11.8 Å². The van der Waals surface area contributed by atoms with Gasteiger partial charge in [0.05, 0.1) is 6.04 Å². The third-order valence-corrected chi connectivity index (χ3v) is 3.03. The van der Waals surface area contributed by atoms with Crippen molar-refractivity contribution in [2.45, 2.75) is 52.1 Å². The largest absolute Gasteiger partial charge is 0.350 e. The van der Waals surface area contributed by atoms with Gasteiger partial charge in [-0.05, 0) is 27.2 Å². The highest BCUT2D eigenvalue weighted by Gasteiger charge is 2.21. The van der Waals surface area contributed by atoms with Crippen LogP contribution in [0.4, 0.5) is 0 Å². The molecule has 0 heterocycles. The van der Waals surface area contributed by atoms with Crippen LogP contribution in [0.5, 0.6) is 0 Å². The summed E-state index contributed by atoms with van der Waals surface area (Å²) in [7, 11) is 3.45. The molecule has 0 spiro atoms. The molecule has 0 aliphatic rings. The van der Waals surface area contributed by atoms with Crippen molar-refractivity contribution >= 4 is 11.8 Å². The monoisotopic (exact) mass is 257 g/mol. The minimum Gasteiger partial charge on any atom is -0.350 e. The minimum atomic E-state index is -0.286. The van der Waals surface area contributed by atoms with E-state index in [0.29, 0.717) is 13.0 Å². The van der Waals surface area contributed by atoms with E-state index >= 15 is 0 Å². The molecule has 1 unspecified atom stereocenters. The van der Waals surface area contributed by atoms with Crippen molar-refractivity contribution in [3.8, 4) is 0 Å². The molecule has 0 bridgehead atoms. The standard InChI is InChI=1S/C13H27N3O2/c1-7-13(3,4)15-12(18)10(2)14-9-8-11(17)16(5)6/h10,14H,7-9H2,1-6H3,(H,15,18). The van der Waals surface area contributed by atoms with Gasteiger partial charge in [-0.15, -0.1) is 0 Å². The van der Waals surface area contributed by atoms with Gasteiger partial charge < -0.3 is 15.5 Å². The lowest BCUT2D eigenvalue weighted by atomic mass is 10.0. The van der Waals surface area contributed by atoms with Crippen LogP contribution in [0.15, 0.2) is 0 Å². The van der Waals surface area contributed by atoms with Gasteiger partial charge in [-0.25, -0.2) is 0 Å². The molecule has 0 saturated heterocycles. The van der Waals surface area contributed by atoms with Crippen LogP contribution in [0.25, 0.3) is 0 Å². The second-order valence-corrected chi connectivity index (χ2v) is 5.44. The topological polar surface area (TPSA) is 61.4 Å². The molecule has 0 fully saturated rings. The molecule has 1 atom stereocenters. The lowest BCUT2D eigenvalue weighted by molar-refractivity contribution is -0.129. The van der Waals surface area contributed by atoms with Crippen LogP contribution in [-0.4, -0.2) is 48.9 Å². The molecule has 18 heavy (non-hydrogen) atoms. The van der Waals surface area contributed by atoms with Crippen LogP contribution in [0.3, 0.4) is 0 Å². The van der Waals surface area contributed by atoms with Gasteiger partial charge >= 0.3 is 0 Å². The Labute approximate surface area is 110 Å². The Hall–Kier alpha value is -1.10. The maximum Gasteiger partial charge on any atom is 0.237 e. The van der Waals surface area contributed by atoms with E-state index in [1.807, 2.05) is 20.8 Å². The summed E-state index contributed by atoms with van der Waals surface area (Å²) in [5.41, 5.74) is -0.188. The SMILES string of the molecule is CCC(C)(C)NC(=O)C(C)NCCC(=O)N(C)C. The first-order chi connectivity index (χ1) is 8.19. The normalized spacial score (nSPS) is 13.0. The van der Waals surface area contributed by atoms with Gasteiger partial charge in [-0.2, -0.15) is 0 Å². The molecule has 2 N–H and O–H groups in total. The molecule has 5 nitrogen and oxygen atoms in total. The Balaban J connectivity index is 3.99. The van der Waals surface area contributed by atoms with Gasteiger partial charge in [0.15, 0.2) is 0 Å². The van der Waals surface area contributed by atoms with Gasteiger partial charge in [-0.3, -0.25) is 9.59 Å². The third-order valence-electron chi connectivity index (χ3n) is 3.03. The Morgan fingerprint density at radius 1 is 1.28 bits per heavy atom. The highest BCUT2D eigenvalue weighted by molar-refractivity contribution is 5.82. The van der Waals surface area contributed by atoms with E-state index in [1.165, 1.54) is 0 Å². The van der Waals surface area contributed by atoms with E-state index in [4.69, 9.17) is 0 Å². The number of carbonyl (C=O) groups excluding carboxylic acids is 2. The average molecular weight is 257 g/mol. The van der Waals surface area contributed by atoms with Crippen molar-refractivity contribution in [2.24, 2.45) is 0 Å². The summed E-state index contributed by atoms with van der Waals surface area (Å²) in [5.74, 6) is 0.0307. The summed E-state index contributed by atoms with van der Waals surface area (Å²) in [6.07, 6.45) is 1.28. The lowest BCUT2D eigenvalue weighted by Crippen LogP contribution is -2.51. The summed E-state index contributed by atoms with van der Waals surface area (Å²) < 4.78 is 0. The van der Waals surface area contributed by atoms with Crippen LogP contribution in [0, 0.1) is 0 Å². The van der Waals surface area contributed by atoms with E-state index in [-0.39, 0.29) is 23.4 Å². The van der Waals surface area contributed by atoms with Crippen LogP contribution >= 0.6 is 0 Å². The summed E-state index contributed by atoms with van der Waals surface area (Å²) >= 11 is 0. The Kier molecular flexibility index (Phi) is 6.91. The number of hydrogen-bond donors (Lipinski definition) is 2. The molecule has 0 rings (SSSR count). The van der Waals surface area contributed by atoms with E-state index in [9.17, 15) is 9.59 Å². The van der Waals surface area contributed by atoms with E-state index in [2.05, 4.69) is 10.6 Å². The summed E-state index contributed by atoms with van der Waals surface area (Å²) in [4.78, 5) is 24.8. The fraction of sp³-hybridized carbons (Fsp3) is 0.846. The van der Waals surface area contributed by atoms with Crippen molar-refractivity contribution in [3.63, 3.8) is 0 Å². The Bertz CT molecular complexity index is 288. The second kappa shape index (κ2) is 7.36. The maximum atomic E-state index is 11.9. The third kappa shape index (κ3) is 6.59. The quantitative estimate of drug-likeness (QED) is 0.707. The number of rotatable bonds is 7. The Morgan fingerprint density at radius 2 is 1.83 bits per heavy atom. The van der Waals surface area contributed by atoms with Crippen molar-refractivity contribution < 1.29 is 9.59 Å². The van der Waals surface area contributed by atoms with Crippen molar-refractivity contribution in [3.05, 3.63) is 0 Å². The number of hydrogen-bond acceptors (Lipinski definition) is 3. The molecular formula is C13H27N3O2. The van der Waals surface area contributed by atoms with Crippen LogP contribution in [-0.2, 0) is 9.59 Å². The number of amides is 2. The summed E-state index contributed by atoms with van der Waals surface area (Å²) in [5, 5.41) is 6.03. The minimum absolute atomic E-state index is 0.0286. The molecular weight excluding hydrogens is 230 g/mol. The van der Waals surface area contributed by atoms with E-state index in [1.54, 1.807) is 25.9 Å². The first-order valence-corrected chi connectivity index (χ1v) is 6.45. The van der Waals surface area contributed by atoms with Gasteiger partial charge in [0.25, 0.3) is 0 Å². The molecule has 106 valence electrons. The zero-order valence-electron chi connectivity index (χ0n) is 12.5. The van der Waals surface area contributed by atoms with Gasteiger partial charge in [0, 0.05) is 32.6 Å². The number of nitrogens with zero attached hydrogens (tertiary/aromatic N) is 1. The zero-order chi connectivity index (χ0) is 14.3. The number of nitrogens with one attached hydrogen (secondary N) is 2. The summed E-state index contributed by atoms with van der Waals surface area (Å²) in [6.45, 7) is 8.34. The van der Waals surface area contributed by atoms with Crippen molar-refractivity contribution in [1.82, 2.24) is 15.5 Å². The van der Waals surface area contributed by atoms with Crippen molar-refractivity contribution in [1.29, 1.82) is 0 Å². The maximum absolute atomic E-state index is 11.9. The average Bonchev–Trinajstić information content (AvgIpc) is 2.27. The lowest BCUT2D eigenvalue weighted by Gasteiger charge is -2.26. The van der Waals surface area contributed by atoms with Crippen LogP contribution in [0.1, 0.15) is 40.5 Å². The Morgan fingerprint density at radius 3 is 2.28 bits per heavy atom. The highest BCUT2D eigenvalue weighted by Crippen LogP contribution is 2.06. The fourth-order valence-corrected chi connectivity index (χ4v) is 1.24. The molecule has 2 amide bonds. The molecule has 0 radical (unpaired) electrons. The molecule has 0 aliphatic heterocycles. The summed E-state index contributed by atoms with van der Waals surface area (Å²) in [6, 6.07) is -0.286. The fourth-order valence-electron chi connectivity index (χ4n) is 1.24. The van der Waals surface area contributed by atoms with E-state index < -0.39 is 0 Å². The van der Waals surface area contributed by atoms with Crippen LogP contribution < -0.4 is 10.6 Å². The predicted molar refractivity (Wildman–Crippen MR) is 73.3 cm³/mol. The predicted octanol–water partition coefficient (Wildman–Crippen LogP) is 0.748. The first-order valence-electron chi connectivity index (χ1n) is 6.45. The molecule has 0 saturated carbocycles. The first kappa shape index (κ1) is 16.9. The highest BCUT2D eigenvalue weighted by atomic mass is 16.2. The van der Waals surface area contributed by atoms with Gasteiger partial charge in [-0.1, -0.05) is 6.92 Å². The molecule has 0 aromatic rings. The van der Waals surface area contributed by atoms with Crippen molar-refractivity contribution in [2.75, 3.05) is 20.6 Å². The zero-order valence-corrected chi connectivity index (χ0v) is 12.5. The molecule has 5 heteroatoms. The molecule has 0 aromatic heterocycles. The number of carbonyl (C=O) groups is 2. The van der Waals surface area contributed by atoms with E-state index in [0.717, 1.165) is 6.42 Å². The molecule has 0 aliphatic carbocycles. The smallest absolute Gasteiger partial charge is 0.237 e.